The summed E-state index contributed by atoms with van der Waals surface area (Å²) in [6, 6.07) is 7.26. The van der Waals surface area contributed by atoms with Crippen LogP contribution >= 0.6 is 35.6 Å². The highest BCUT2D eigenvalue weighted by Crippen LogP contribution is 2.18. The van der Waals surface area contributed by atoms with Crippen LogP contribution in [-0.4, -0.2) is 29.7 Å². The molecule has 0 spiro atoms. The summed E-state index contributed by atoms with van der Waals surface area (Å²) < 4.78 is 5.15. The topological polar surface area (TPSA) is 89.3 Å². The number of guanidine groups is 1. The van der Waals surface area contributed by atoms with Gasteiger partial charge in [-0.05, 0) is 24.3 Å². The summed E-state index contributed by atoms with van der Waals surface area (Å²) in [5.74, 6) is 1.47. The van der Waals surface area contributed by atoms with E-state index in [1.165, 1.54) is 0 Å². The zero-order chi connectivity index (χ0) is 13.7. The molecule has 0 bridgehead atoms. The third kappa shape index (κ3) is 4.64. The van der Waals surface area contributed by atoms with Crippen LogP contribution in [0.1, 0.15) is 5.89 Å². The Balaban J connectivity index is 0.00000200. The van der Waals surface area contributed by atoms with Crippen molar-refractivity contribution in [2.24, 2.45) is 10.7 Å². The summed E-state index contributed by atoms with van der Waals surface area (Å²) >= 11 is 5.82. The first-order valence-corrected chi connectivity index (χ1v) is 6.11. The van der Waals surface area contributed by atoms with Gasteiger partial charge in [0.05, 0.1) is 0 Å². The Kier molecular flexibility index (Phi) is 6.73. The van der Waals surface area contributed by atoms with Crippen LogP contribution in [0.4, 0.5) is 0 Å². The molecule has 0 atom stereocenters. The molecule has 6 nitrogen and oxygen atoms in total. The van der Waals surface area contributed by atoms with Gasteiger partial charge >= 0.3 is 0 Å². The van der Waals surface area contributed by atoms with Crippen molar-refractivity contribution in [1.29, 1.82) is 0 Å². The van der Waals surface area contributed by atoms with Gasteiger partial charge in [0.1, 0.15) is 0 Å². The highest BCUT2D eigenvalue weighted by atomic mass is 127. The van der Waals surface area contributed by atoms with E-state index < -0.39 is 0 Å². The lowest BCUT2D eigenvalue weighted by Gasteiger charge is -2.00. The van der Waals surface area contributed by atoms with E-state index in [2.05, 4.69) is 20.4 Å². The van der Waals surface area contributed by atoms with Crippen molar-refractivity contribution >= 4 is 41.5 Å². The van der Waals surface area contributed by atoms with Crippen LogP contribution in [0.25, 0.3) is 11.4 Å². The molecule has 0 saturated heterocycles. The SMILES string of the molecule is CN=C(N)NCCc1nc(-c2ccc(Cl)cc2)no1.I. The molecule has 8 heteroatoms. The van der Waals surface area contributed by atoms with E-state index in [1.54, 1.807) is 19.2 Å². The quantitative estimate of drug-likeness (QED) is 0.460. The molecular formula is C12H15ClIN5O. The molecule has 0 radical (unpaired) electrons. The molecule has 0 unspecified atom stereocenters. The van der Waals surface area contributed by atoms with Crippen LogP contribution in [0.15, 0.2) is 33.8 Å². The van der Waals surface area contributed by atoms with Crippen molar-refractivity contribution < 1.29 is 4.52 Å². The minimum absolute atomic E-state index is 0. The van der Waals surface area contributed by atoms with Crippen molar-refractivity contribution in [3.63, 3.8) is 0 Å². The van der Waals surface area contributed by atoms with Gasteiger partial charge in [0.25, 0.3) is 0 Å². The summed E-state index contributed by atoms with van der Waals surface area (Å²) in [6.07, 6.45) is 0.580. The second-order valence-corrected chi connectivity index (χ2v) is 4.24. The highest BCUT2D eigenvalue weighted by molar-refractivity contribution is 14.0. The lowest BCUT2D eigenvalue weighted by atomic mass is 10.2. The maximum atomic E-state index is 5.82. The molecule has 1 aromatic carbocycles. The molecule has 3 N–H and O–H groups in total. The molecule has 0 aliphatic heterocycles. The lowest BCUT2D eigenvalue weighted by Crippen LogP contribution is -2.32. The molecule has 1 aromatic heterocycles. The monoisotopic (exact) mass is 407 g/mol. The predicted molar refractivity (Wildman–Crippen MR) is 89.4 cm³/mol. The Morgan fingerprint density at radius 2 is 2.10 bits per heavy atom. The van der Waals surface area contributed by atoms with E-state index in [9.17, 15) is 0 Å². The summed E-state index contributed by atoms with van der Waals surface area (Å²) in [6.45, 7) is 0.589. The van der Waals surface area contributed by atoms with Crippen molar-refractivity contribution in [2.45, 2.75) is 6.42 Å². The Labute approximate surface area is 138 Å². The van der Waals surface area contributed by atoms with Gasteiger partial charge in [-0.15, -0.1) is 24.0 Å². The molecule has 0 aliphatic rings. The molecule has 0 fully saturated rings. The average Bonchev–Trinajstić information content (AvgIpc) is 2.88. The number of aromatic nitrogens is 2. The standard InChI is InChI=1S/C12H14ClN5O.HI/c1-15-12(14)16-7-6-10-17-11(18-19-10)8-2-4-9(13)5-3-8;/h2-5H,6-7H2,1H3,(H3,14,15,16);1H. The van der Waals surface area contributed by atoms with Gasteiger partial charge in [0.15, 0.2) is 5.96 Å². The Hall–Kier alpha value is -1.35. The van der Waals surface area contributed by atoms with Crippen LogP contribution in [0.3, 0.4) is 0 Å². The van der Waals surface area contributed by atoms with Crippen LogP contribution in [0, 0.1) is 0 Å². The second-order valence-electron chi connectivity index (χ2n) is 3.80. The molecule has 0 aliphatic carbocycles. The molecule has 0 saturated carbocycles. The van der Waals surface area contributed by atoms with Gasteiger partial charge in [0, 0.05) is 30.6 Å². The molecule has 1 heterocycles. The first-order valence-electron chi connectivity index (χ1n) is 5.73. The number of rotatable bonds is 4. The number of aliphatic imine (C=N–C) groups is 1. The van der Waals surface area contributed by atoms with E-state index in [-0.39, 0.29) is 24.0 Å². The fourth-order valence-electron chi connectivity index (χ4n) is 1.45. The smallest absolute Gasteiger partial charge is 0.228 e. The number of benzene rings is 1. The third-order valence-corrected chi connectivity index (χ3v) is 2.71. The number of nitrogens with zero attached hydrogens (tertiary/aromatic N) is 3. The number of hydrogen-bond acceptors (Lipinski definition) is 4. The molecule has 2 aromatic rings. The van der Waals surface area contributed by atoms with Gasteiger partial charge in [-0.3, -0.25) is 4.99 Å². The van der Waals surface area contributed by atoms with Gasteiger partial charge in [-0.2, -0.15) is 4.98 Å². The van der Waals surface area contributed by atoms with Crippen molar-refractivity contribution in [3.8, 4) is 11.4 Å². The molecule has 0 amide bonds. The van der Waals surface area contributed by atoms with Crippen LogP contribution < -0.4 is 11.1 Å². The number of halogens is 2. The van der Waals surface area contributed by atoms with Crippen molar-refractivity contribution in [1.82, 2.24) is 15.5 Å². The second kappa shape index (κ2) is 8.05. The first-order chi connectivity index (χ1) is 9.19. The maximum absolute atomic E-state index is 5.82. The molecule has 20 heavy (non-hydrogen) atoms. The Morgan fingerprint density at radius 3 is 2.75 bits per heavy atom. The van der Waals surface area contributed by atoms with Crippen LogP contribution in [0.5, 0.6) is 0 Å². The average molecular weight is 408 g/mol. The summed E-state index contributed by atoms with van der Waals surface area (Å²) in [4.78, 5) is 8.08. The fraction of sp³-hybridized carbons (Fsp3) is 0.250. The number of hydrogen-bond donors (Lipinski definition) is 2. The fourth-order valence-corrected chi connectivity index (χ4v) is 1.58. The number of nitrogens with two attached hydrogens (primary N) is 1. The van der Waals surface area contributed by atoms with E-state index in [4.69, 9.17) is 21.9 Å². The molecule has 108 valence electrons. The first kappa shape index (κ1) is 16.7. The normalized spacial score (nSPS) is 11.0. The molecular weight excluding hydrogens is 393 g/mol. The third-order valence-electron chi connectivity index (χ3n) is 2.46. The summed E-state index contributed by atoms with van der Waals surface area (Å²) in [5.41, 5.74) is 6.37. The van der Waals surface area contributed by atoms with Crippen molar-refractivity contribution in [3.05, 3.63) is 35.2 Å². The van der Waals surface area contributed by atoms with Crippen LogP contribution in [-0.2, 0) is 6.42 Å². The van der Waals surface area contributed by atoms with E-state index in [0.29, 0.717) is 35.7 Å². The van der Waals surface area contributed by atoms with Crippen molar-refractivity contribution in [2.75, 3.05) is 13.6 Å². The van der Waals surface area contributed by atoms with E-state index >= 15 is 0 Å². The van der Waals surface area contributed by atoms with Crippen LogP contribution in [0.2, 0.25) is 5.02 Å². The van der Waals surface area contributed by atoms with Gasteiger partial charge in [-0.25, -0.2) is 0 Å². The predicted octanol–water partition coefficient (Wildman–Crippen LogP) is 2.08. The number of nitrogens with one attached hydrogen (secondary N) is 1. The Bertz CT molecular complexity index is 569. The van der Waals surface area contributed by atoms with Gasteiger partial charge < -0.3 is 15.6 Å². The van der Waals surface area contributed by atoms with E-state index in [0.717, 1.165) is 5.56 Å². The largest absolute Gasteiger partial charge is 0.370 e. The van der Waals surface area contributed by atoms with E-state index in [1.807, 2.05) is 12.1 Å². The lowest BCUT2D eigenvalue weighted by molar-refractivity contribution is 0.379. The Morgan fingerprint density at radius 1 is 1.40 bits per heavy atom. The zero-order valence-electron chi connectivity index (χ0n) is 10.8. The van der Waals surface area contributed by atoms with Gasteiger partial charge in [0.2, 0.25) is 11.7 Å². The maximum Gasteiger partial charge on any atom is 0.228 e. The highest BCUT2D eigenvalue weighted by Gasteiger charge is 2.08. The summed E-state index contributed by atoms with van der Waals surface area (Å²) in [7, 11) is 1.62. The van der Waals surface area contributed by atoms with Gasteiger partial charge in [-0.1, -0.05) is 16.8 Å². The summed E-state index contributed by atoms with van der Waals surface area (Å²) in [5, 5.41) is 7.51. The minimum atomic E-state index is 0. The molecule has 2 rings (SSSR count). The minimum Gasteiger partial charge on any atom is -0.370 e. The zero-order valence-corrected chi connectivity index (χ0v) is 13.9.